The van der Waals surface area contributed by atoms with E-state index in [1.165, 1.54) is 18.9 Å². The molecule has 0 atom stereocenters. The van der Waals surface area contributed by atoms with Crippen molar-refractivity contribution < 1.29 is 18.3 Å². The molecule has 0 bridgehead atoms. The van der Waals surface area contributed by atoms with Crippen molar-refractivity contribution in [3.63, 3.8) is 0 Å². The quantitative estimate of drug-likeness (QED) is 0.256. The Morgan fingerprint density at radius 1 is 1.32 bits per heavy atom. The molecule has 1 aromatic carbocycles. The number of aliphatic imine (C=N–C) groups is 1. The zero-order chi connectivity index (χ0) is 24.3. The van der Waals surface area contributed by atoms with Crippen molar-refractivity contribution in [2.45, 2.75) is 23.9 Å². The van der Waals surface area contributed by atoms with Crippen LogP contribution in [-0.4, -0.2) is 78.6 Å². The Labute approximate surface area is 205 Å². The number of aromatic amines is 1. The second-order valence-electron chi connectivity index (χ2n) is 7.98. The van der Waals surface area contributed by atoms with E-state index in [9.17, 15) is 8.78 Å². The molecule has 7 nitrogen and oxygen atoms in total. The molecule has 4 rings (SSSR count). The molecule has 3 heterocycles. The molecule has 1 saturated heterocycles. The molecule has 2 aromatic heterocycles. The van der Waals surface area contributed by atoms with Crippen molar-refractivity contribution in [2.75, 3.05) is 46.7 Å². The van der Waals surface area contributed by atoms with E-state index in [1.54, 1.807) is 30.3 Å². The number of H-pyrrole nitrogens is 1. The predicted molar refractivity (Wildman–Crippen MR) is 132 cm³/mol. The van der Waals surface area contributed by atoms with Gasteiger partial charge in [-0.15, -0.1) is 0 Å². The standard InChI is InChI=1S/C23H26ClF2N5O2S/c1-27-11-14-12-28-21-19(14)20(29-22(30-21)34-3)15-9-18(17(32-2)10-16(15)24)33-8-7-31-6-4-5-23(25,26)13-31/h9-12H,4-8,13H2,1-3H3,(H,28,29,30). The highest BCUT2D eigenvalue weighted by Crippen LogP contribution is 2.41. The van der Waals surface area contributed by atoms with Crippen molar-refractivity contribution in [2.24, 2.45) is 4.99 Å². The summed E-state index contributed by atoms with van der Waals surface area (Å²) < 4.78 is 38.9. The van der Waals surface area contributed by atoms with Gasteiger partial charge >= 0.3 is 0 Å². The topological polar surface area (TPSA) is 75.6 Å². The first-order valence-corrected chi connectivity index (χ1v) is 12.4. The summed E-state index contributed by atoms with van der Waals surface area (Å²) in [4.78, 5) is 18.3. The van der Waals surface area contributed by atoms with Crippen LogP contribution < -0.4 is 9.47 Å². The molecule has 0 saturated carbocycles. The Morgan fingerprint density at radius 2 is 2.15 bits per heavy atom. The second kappa shape index (κ2) is 10.5. The summed E-state index contributed by atoms with van der Waals surface area (Å²) in [6, 6.07) is 3.45. The number of ether oxygens (including phenoxy) is 2. The van der Waals surface area contributed by atoms with E-state index in [0.29, 0.717) is 58.1 Å². The van der Waals surface area contributed by atoms with Crippen molar-refractivity contribution in [3.05, 3.63) is 28.9 Å². The Hall–Kier alpha value is -2.43. The molecule has 0 amide bonds. The number of nitrogens with one attached hydrogen (secondary N) is 1. The van der Waals surface area contributed by atoms with E-state index in [0.717, 1.165) is 10.9 Å². The van der Waals surface area contributed by atoms with Gasteiger partial charge < -0.3 is 14.5 Å². The highest BCUT2D eigenvalue weighted by Gasteiger charge is 2.34. The molecule has 0 spiro atoms. The number of likely N-dealkylation sites (tertiary alicyclic amines) is 1. The fraction of sp³-hybridized carbons (Fsp3) is 0.435. The number of nitrogens with zero attached hydrogens (tertiary/aromatic N) is 4. The lowest BCUT2D eigenvalue weighted by Gasteiger charge is -2.32. The van der Waals surface area contributed by atoms with Crippen molar-refractivity contribution in [1.29, 1.82) is 0 Å². The van der Waals surface area contributed by atoms with E-state index in [2.05, 4.69) is 15.0 Å². The number of alkyl halides is 2. The Morgan fingerprint density at radius 3 is 2.85 bits per heavy atom. The van der Waals surface area contributed by atoms with Crippen LogP contribution in [-0.2, 0) is 0 Å². The molecule has 0 radical (unpaired) electrons. The summed E-state index contributed by atoms with van der Waals surface area (Å²) >= 11 is 8.08. The fourth-order valence-corrected chi connectivity index (χ4v) is 4.68. The van der Waals surface area contributed by atoms with Crippen molar-refractivity contribution in [3.8, 4) is 22.8 Å². The predicted octanol–water partition coefficient (Wildman–Crippen LogP) is 5.17. The molecule has 1 aliphatic rings. The minimum atomic E-state index is -2.65. The van der Waals surface area contributed by atoms with Crippen molar-refractivity contribution >= 4 is 40.6 Å². The van der Waals surface area contributed by atoms with Gasteiger partial charge in [0.25, 0.3) is 5.92 Å². The van der Waals surface area contributed by atoms with Crippen LogP contribution in [0.3, 0.4) is 0 Å². The summed E-state index contributed by atoms with van der Waals surface area (Å²) in [7, 11) is 3.22. The molecule has 1 fully saturated rings. The first kappa shape index (κ1) is 24.7. The van der Waals surface area contributed by atoms with Crippen LogP contribution in [0.1, 0.15) is 18.4 Å². The van der Waals surface area contributed by atoms with Gasteiger partial charge in [-0.2, -0.15) is 0 Å². The van der Waals surface area contributed by atoms with Gasteiger partial charge in [0, 0.05) is 49.6 Å². The smallest absolute Gasteiger partial charge is 0.260 e. The lowest BCUT2D eigenvalue weighted by molar-refractivity contribution is -0.0656. The summed E-state index contributed by atoms with van der Waals surface area (Å²) in [5.74, 6) is -1.73. The number of rotatable bonds is 8. The van der Waals surface area contributed by atoms with Crippen LogP contribution >= 0.6 is 23.4 Å². The van der Waals surface area contributed by atoms with Crippen LogP contribution in [0.5, 0.6) is 11.5 Å². The molecule has 34 heavy (non-hydrogen) atoms. The molecule has 11 heteroatoms. The van der Waals surface area contributed by atoms with Crippen LogP contribution in [0.4, 0.5) is 8.78 Å². The highest BCUT2D eigenvalue weighted by atomic mass is 35.5. The van der Waals surface area contributed by atoms with E-state index in [-0.39, 0.29) is 19.6 Å². The number of piperidine rings is 1. The minimum Gasteiger partial charge on any atom is -0.493 e. The fourth-order valence-electron chi connectivity index (χ4n) is 4.07. The third-order valence-corrected chi connectivity index (χ3v) is 6.50. The van der Waals surface area contributed by atoms with Gasteiger partial charge in [0.1, 0.15) is 12.3 Å². The number of hydrogen-bond donors (Lipinski definition) is 1. The minimum absolute atomic E-state index is 0.0615. The van der Waals surface area contributed by atoms with Gasteiger partial charge in [-0.3, -0.25) is 9.89 Å². The maximum atomic E-state index is 13.7. The first-order chi connectivity index (χ1) is 16.3. The molecule has 1 N–H and O–H groups in total. The maximum Gasteiger partial charge on any atom is 0.260 e. The maximum absolute atomic E-state index is 13.7. The van der Waals surface area contributed by atoms with E-state index < -0.39 is 5.92 Å². The Bertz CT molecular complexity index is 1200. The summed E-state index contributed by atoms with van der Waals surface area (Å²) in [6.07, 6.45) is 5.87. The monoisotopic (exact) mass is 509 g/mol. The second-order valence-corrected chi connectivity index (χ2v) is 9.16. The van der Waals surface area contributed by atoms with E-state index in [4.69, 9.17) is 26.1 Å². The largest absolute Gasteiger partial charge is 0.493 e. The molecule has 1 aliphatic heterocycles. The molecular formula is C23H26ClF2N5O2S. The molecule has 3 aromatic rings. The van der Waals surface area contributed by atoms with Gasteiger partial charge in [0.05, 0.1) is 29.8 Å². The first-order valence-electron chi connectivity index (χ1n) is 10.8. The number of halogens is 3. The molecule has 0 aliphatic carbocycles. The average Bonchev–Trinajstić information content (AvgIpc) is 3.21. The van der Waals surface area contributed by atoms with Gasteiger partial charge in [0.15, 0.2) is 16.7 Å². The zero-order valence-corrected chi connectivity index (χ0v) is 20.8. The van der Waals surface area contributed by atoms with Gasteiger partial charge in [-0.05, 0) is 25.3 Å². The number of aromatic nitrogens is 3. The van der Waals surface area contributed by atoms with E-state index in [1.807, 2.05) is 12.5 Å². The van der Waals surface area contributed by atoms with Gasteiger partial charge in [0.2, 0.25) is 0 Å². The molecule has 182 valence electrons. The number of thioether (sulfide) groups is 1. The van der Waals surface area contributed by atoms with Crippen LogP contribution in [0.15, 0.2) is 28.5 Å². The summed E-state index contributed by atoms with van der Waals surface area (Å²) in [5.41, 5.74) is 2.79. The lowest BCUT2D eigenvalue weighted by atomic mass is 10.1. The summed E-state index contributed by atoms with van der Waals surface area (Å²) in [5, 5.41) is 1.81. The zero-order valence-electron chi connectivity index (χ0n) is 19.2. The Balaban J connectivity index is 1.68. The van der Waals surface area contributed by atoms with Crippen LogP contribution in [0.2, 0.25) is 5.02 Å². The number of methoxy groups -OCH3 is 1. The number of hydrogen-bond acceptors (Lipinski definition) is 7. The Kier molecular flexibility index (Phi) is 7.59. The normalized spacial score (nSPS) is 16.4. The molecular weight excluding hydrogens is 484 g/mol. The van der Waals surface area contributed by atoms with Crippen molar-refractivity contribution in [1.82, 2.24) is 19.9 Å². The van der Waals surface area contributed by atoms with Gasteiger partial charge in [-0.25, -0.2) is 18.7 Å². The average molecular weight is 510 g/mol. The lowest BCUT2D eigenvalue weighted by Crippen LogP contribution is -2.44. The third-order valence-electron chi connectivity index (χ3n) is 5.64. The van der Waals surface area contributed by atoms with Crippen LogP contribution in [0, 0.1) is 0 Å². The SMILES string of the molecule is CN=Cc1c[nH]c2nc(SC)nc(-c3cc(OCCN4CCCC(F)(F)C4)c(OC)cc3Cl)c12. The number of benzene rings is 1. The third kappa shape index (κ3) is 5.29. The molecule has 0 unspecified atom stereocenters. The van der Waals surface area contributed by atoms with Gasteiger partial charge in [-0.1, -0.05) is 23.4 Å². The summed E-state index contributed by atoms with van der Waals surface area (Å²) in [6.45, 7) is 1.01. The highest BCUT2D eigenvalue weighted by molar-refractivity contribution is 7.98. The van der Waals surface area contributed by atoms with E-state index >= 15 is 0 Å². The van der Waals surface area contributed by atoms with Crippen LogP contribution in [0.25, 0.3) is 22.3 Å². The number of fused-ring (bicyclic) bond motifs is 1.